The minimum absolute atomic E-state index is 0.111. The van der Waals surface area contributed by atoms with E-state index in [9.17, 15) is 15.2 Å². The van der Waals surface area contributed by atoms with Crippen molar-refractivity contribution in [3.05, 3.63) is 22.5 Å². The summed E-state index contributed by atoms with van der Waals surface area (Å²) in [7, 11) is 0. The lowest BCUT2D eigenvalue weighted by Crippen LogP contribution is -2.25. The molecule has 1 N–H and O–H groups in total. The summed E-state index contributed by atoms with van der Waals surface area (Å²) in [5, 5.41) is 19.9. The summed E-state index contributed by atoms with van der Waals surface area (Å²) in [5.74, 6) is 0.701. The van der Waals surface area contributed by atoms with Gasteiger partial charge in [-0.1, -0.05) is 0 Å². The number of hydrogen-bond acceptors (Lipinski definition) is 6. The van der Waals surface area contributed by atoms with Crippen LogP contribution in [-0.4, -0.2) is 39.2 Å². The van der Waals surface area contributed by atoms with Crippen molar-refractivity contribution in [1.29, 1.82) is 0 Å². The zero-order chi connectivity index (χ0) is 12.4. The Kier molecular flexibility index (Phi) is 3.19. The van der Waals surface area contributed by atoms with Crippen molar-refractivity contribution in [3.63, 3.8) is 0 Å². The Morgan fingerprint density at radius 3 is 2.71 bits per heavy atom. The van der Waals surface area contributed by atoms with Crippen molar-refractivity contribution in [1.82, 2.24) is 9.97 Å². The lowest BCUT2D eigenvalue weighted by atomic mass is 10.0. The molecule has 0 aromatic carbocycles. The Morgan fingerprint density at radius 1 is 1.59 bits per heavy atom. The van der Waals surface area contributed by atoms with E-state index in [0.29, 0.717) is 12.5 Å². The molecule has 0 radical (unpaired) electrons. The van der Waals surface area contributed by atoms with Gasteiger partial charge in [-0.15, -0.1) is 0 Å². The second-order valence-corrected chi connectivity index (χ2v) is 4.23. The first kappa shape index (κ1) is 11.7. The molecule has 0 amide bonds. The molecule has 17 heavy (non-hydrogen) atoms. The third-order valence-electron chi connectivity index (χ3n) is 3.03. The Hall–Kier alpha value is -1.76. The van der Waals surface area contributed by atoms with Gasteiger partial charge in [0.2, 0.25) is 5.95 Å². The van der Waals surface area contributed by atoms with E-state index in [4.69, 9.17) is 0 Å². The number of nitro groups is 1. The van der Waals surface area contributed by atoms with E-state index in [-0.39, 0.29) is 17.7 Å². The van der Waals surface area contributed by atoms with E-state index in [0.717, 1.165) is 13.0 Å². The van der Waals surface area contributed by atoms with E-state index in [2.05, 4.69) is 9.97 Å². The predicted octanol–water partition coefficient (Wildman–Crippen LogP) is 0.592. The van der Waals surface area contributed by atoms with Gasteiger partial charge in [0.05, 0.1) is 11.0 Å². The number of aromatic nitrogens is 2. The zero-order valence-electron chi connectivity index (χ0n) is 9.48. The standard InChI is InChI=1S/C10H14N4O3/c1-7(15)8-2-3-13(6-8)10-11-4-9(5-12-10)14(16)17/h4-5,7-8,15H,2-3,6H2,1H3. The van der Waals surface area contributed by atoms with Gasteiger partial charge in [0.15, 0.2) is 0 Å². The van der Waals surface area contributed by atoms with Crippen LogP contribution < -0.4 is 4.90 Å². The van der Waals surface area contributed by atoms with Crippen molar-refractivity contribution in [2.45, 2.75) is 19.4 Å². The molecular weight excluding hydrogens is 224 g/mol. The fourth-order valence-electron chi connectivity index (χ4n) is 1.93. The van der Waals surface area contributed by atoms with E-state index >= 15 is 0 Å². The summed E-state index contributed by atoms with van der Waals surface area (Å²) in [6.07, 6.45) is 2.95. The van der Waals surface area contributed by atoms with Crippen LogP contribution in [0.4, 0.5) is 11.6 Å². The van der Waals surface area contributed by atoms with Gasteiger partial charge in [-0.25, -0.2) is 9.97 Å². The smallest absolute Gasteiger partial charge is 0.305 e. The molecular formula is C10H14N4O3. The van der Waals surface area contributed by atoms with Crippen LogP contribution in [-0.2, 0) is 0 Å². The van der Waals surface area contributed by atoms with Crippen molar-refractivity contribution in [3.8, 4) is 0 Å². The molecule has 1 fully saturated rings. The predicted molar refractivity (Wildman–Crippen MR) is 60.7 cm³/mol. The maximum atomic E-state index is 10.5. The van der Waals surface area contributed by atoms with Crippen molar-refractivity contribution < 1.29 is 10.0 Å². The molecule has 0 bridgehead atoms. The maximum Gasteiger partial charge on any atom is 0.305 e. The molecule has 0 saturated carbocycles. The molecule has 2 atom stereocenters. The van der Waals surface area contributed by atoms with Crippen LogP contribution in [0.1, 0.15) is 13.3 Å². The summed E-state index contributed by atoms with van der Waals surface area (Å²) >= 11 is 0. The minimum Gasteiger partial charge on any atom is -0.393 e. The van der Waals surface area contributed by atoms with Gasteiger partial charge < -0.3 is 10.0 Å². The number of anilines is 1. The molecule has 7 heteroatoms. The first-order valence-corrected chi connectivity index (χ1v) is 5.47. The van der Waals surface area contributed by atoms with Crippen molar-refractivity contribution in [2.24, 2.45) is 5.92 Å². The van der Waals surface area contributed by atoms with Crippen LogP contribution in [0.15, 0.2) is 12.4 Å². The molecule has 1 aliphatic heterocycles. The quantitative estimate of drug-likeness (QED) is 0.612. The van der Waals surface area contributed by atoms with Crippen LogP contribution >= 0.6 is 0 Å². The molecule has 2 unspecified atom stereocenters. The summed E-state index contributed by atoms with van der Waals surface area (Å²) in [6.45, 7) is 3.23. The monoisotopic (exact) mass is 238 g/mol. The molecule has 7 nitrogen and oxygen atoms in total. The van der Waals surface area contributed by atoms with Gasteiger partial charge >= 0.3 is 5.69 Å². The summed E-state index contributed by atoms with van der Waals surface area (Å²) in [4.78, 5) is 19.8. The first-order chi connectivity index (χ1) is 8.08. The number of nitrogens with zero attached hydrogens (tertiary/aromatic N) is 4. The van der Waals surface area contributed by atoms with E-state index in [1.165, 1.54) is 12.4 Å². The highest BCUT2D eigenvalue weighted by molar-refractivity contribution is 5.35. The largest absolute Gasteiger partial charge is 0.393 e. The van der Waals surface area contributed by atoms with E-state index in [1.54, 1.807) is 6.92 Å². The average Bonchev–Trinajstić information content (AvgIpc) is 2.78. The van der Waals surface area contributed by atoms with Gasteiger partial charge in [0.1, 0.15) is 12.4 Å². The molecule has 2 heterocycles. The van der Waals surface area contributed by atoms with E-state index in [1.807, 2.05) is 4.90 Å². The lowest BCUT2D eigenvalue weighted by molar-refractivity contribution is -0.385. The maximum absolute atomic E-state index is 10.5. The van der Waals surface area contributed by atoms with Gasteiger partial charge in [0, 0.05) is 19.0 Å². The van der Waals surface area contributed by atoms with Crippen LogP contribution in [0.25, 0.3) is 0 Å². The highest BCUT2D eigenvalue weighted by Gasteiger charge is 2.27. The van der Waals surface area contributed by atoms with Gasteiger partial charge in [0.25, 0.3) is 0 Å². The fraction of sp³-hybridized carbons (Fsp3) is 0.600. The molecule has 92 valence electrons. The second kappa shape index (κ2) is 4.62. The molecule has 1 aliphatic rings. The highest BCUT2D eigenvalue weighted by Crippen LogP contribution is 2.23. The van der Waals surface area contributed by atoms with Crippen LogP contribution in [0.2, 0.25) is 0 Å². The van der Waals surface area contributed by atoms with Gasteiger partial charge in [-0.05, 0) is 13.3 Å². The SMILES string of the molecule is CC(O)C1CCN(c2ncc([N+](=O)[O-])cn2)C1. The molecule has 1 saturated heterocycles. The number of hydrogen-bond donors (Lipinski definition) is 1. The summed E-state index contributed by atoms with van der Waals surface area (Å²) in [5.41, 5.74) is -0.111. The van der Waals surface area contributed by atoms with E-state index < -0.39 is 4.92 Å². The Bertz CT molecular complexity index is 407. The lowest BCUT2D eigenvalue weighted by Gasteiger charge is -2.16. The minimum atomic E-state index is -0.521. The topological polar surface area (TPSA) is 92.4 Å². The highest BCUT2D eigenvalue weighted by atomic mass is 16.6. The third-order valence-corrected chi connectivity index (χ3v) is 3.03. The number of rotatable bonds is 3. The number of aliphatic hydroxyl groups excluding tert-OH is 1. The Balaban J connectivity index is 2.06. The third kappa shape index (κ3) is 2.50. The first-order valence-electron chi connectivity index (χ1n) is 5.47. The molecule has 0 aliphatic carbocycles. The molecule has 2 rings (SSSR count). The Labute approximate surface area is 98.3 Å². The van der Waals surface area contributed by atoms with Crippen LogP contribution in [0, 0.1) is 16.0 Å². The van der Waals surface area contributed by atoms with Gasteiger partial charge in [-0.2, -0.15) is 0 Å². The molecule has 1 aromatic heterocycles. The second-order valence-electron chi connectivity index (χ2n) is 4.23. The normalized spacial score (nSPS) is 21.5. The Morgan fingerprint density at radius 2 is 2.24 bits per heavy atom. The molecule has 0 spiro atoms. The van der Waals surface area contributed by atoms with Crippen molar-refractivity contribution in [2.75, 3.05) is 18.0 Å². The van der Waals surface area contributed by atoms with Crippen LogP contribution in [0.3, 0.4) is 0 Å². The fourth-order valence-corrected chi connectivity index (χ4v) is 1.93. The zero-order valence-corrected chi connectivity index (χ0v) is 9.48. The number of aliphatic hydroxyl groups is 1. The average molecular weight is 238 g/mol. The summed E-state index contributed by atoms with van der Waals surface area (Å²) in [6, 6.07) is 0. The summed E-state index contributed by atoms with van der Waals surface area (Å²) < 4.78 is 0. The molecule has 1 aromatic rings. The van der Waals surface area contributed by atoms with Crippen LogP contribution in [0.5, 0.6) is 0 Å². The van der Waals surface area contributed by atoms with Gasteiger partial charge in [-0.3, -0.25) is 10.1 Å². The van der Waals surface area contributed by atoms with Crippen molar-refractivity contribution >= 4 is 11.6 Å².